The highest BCUT2D eigenvalue weighted by Gasteiger charge is 2.41. The molecule has 0 amide bonds. The number of carboxylic acids is 1. The molecule has 45 heavy (non-hydrogen) atoms. The van der Waals surface area contributed by atoms with E-state index in [1.54, 1.807) is 43.9 Å². The summed E-state index contributed by atoms with van der Waals surface area (Å²) in [7, 11) is -4.04. The Hall–Kier alpha value is -3.94. The Bertz CT molecular complexity index is 1840. The molecule has 1 aliphatic heterocycles. The molecule has 240 valence electrons. The number of sulfonamides is 1. The molecule has 1 aliphatic rings. The van der Waals surface area contributed by atoms with Gasteiger partial charge in [-0.25, -0.2) is 18.1 Å². The van der Waals surface area contributed by atoms with Crippen LogP contribution < -0.4 is 4.74 Å². The molecule has 0 bridgehead atoms. The number of carbonyl (C=O) groups is 1. The van der Waals surface area contributed by atoms with Crippen LogP contribution in [0.25, 0.3) is 11.0 Å². The summed E-state index contributed by atoms with van der Waals surface area (Å²) in [6, 6.07) is 7.32. The van der Waals surface area contributed by atoms with Crippen LogP contribution in [0, 0.1) is 26.2 Å². The van der Waals surface area contributed by atoms with E-state index in [0.717, 1.165) is 16.6 Å². The van der Waals surface area contributed by atoms with Crippen LogP contribution in [0.3, 0.4) is 0 Å². The standard InChI is InChI=1S/C32H40N6O6S/c1-7-38-26-10-9-25(21(3)29(26)35-36-38)28(32(5,6)31(39)40)23-16-24(22(4)33-18-23)19-37-11-8-12-43-13-14-44-30-27(45(37,41)42)15-20(2)17-34-30/h9-10,15-18,28H,7-8,11-14,19H2,1-6H3,(H,39,40). The maximum Gasteiger partial charge on any atom is 0.310 e. The lowest BCUT2D eigenvalue weighted by Gasteiger charge is -2.33. The first-order valence-electron chi connectivity index (χ1n) is 15.0. The molecule has 1 atom stereocenters. The topological polar surface area (TPSA) is 150 Å². The quantitative estimate of drug-likeness (QED) is 0.309. The van der Waals surface area contributed by atoms with Crippen molar-refractivity contribution in [2.75, 3.05) is 26.4 Å². The van der Waals surface area contributed by atoms with E-state index >= 15 is 0 Å². The van der Waals surface area contributed by atoms with Crippen molar-refractivity contribution in [1.29, 1.82) is 0 Å². The molecule has 0 radical (unpaired) electrons. The number of rotatable bonds is 7. The second-order valence-corrected chi connectivity index (χ2v) is 13.9. The number of fused-ring (bicyclic) bond motifs is 2. The molecule has 0 saturated carbocycles. The Morgan fingerprint density at radius 3 is 2.60 bits per heavy atom. The first kappa shape index (κ1) is 32.5. The van der Waals surface area contributed by atoms with Crippen LogP contribution in [0.4, 0.5) is 0 Å². The van der Waals surface area contributed by atoms with Crippen LogP contribution in [0.5, 0.6) is 5.88 Å². The summed E-state index contributed by atoms with van der Waals surface area (Å²) < 4.78 is 42.9. The Labute approximate surface area is 263 Å². The summed E-state index contributed by atoms with van der Waals surface area (Å²) in [5, 5.41) is 19.1. The van der Waals surface area contributed by atoms with Crippen molar-refractivity contribution < 1.29 is 27.8 Å². The second-order valence-electron chi connectivity index (χ2n) is 12.0. The van der Waals surface area contributed by atoms with Gasteiger partial charge < -0.3 is 14.6 Å². The molecule has 12 nitrogen and oxygen atoms in total. The smallest absolute Gasteiger partial charge is 0.310 e. The third kappa shape index (κ3) is 6.29. The zero-order valence-electron chi connectivity index (χ0n) is 26.6. The van der Waals surface area contributed by atoms with Crippen LogP contribution in [-0.2, 0) is 32.6 Å². The number of carboxylic acid groups (broad SMARTS) is 1. The molecule has 5 rings (SSSR count). The fourth-order valence-electron chi connectivity index (χ4n) is 5.83. The van der Waals surface area contributed by atoms with E-state index in [2.05, 4.69) is 20.3 Å². The first-order valence-corrected chi connectivity index (χ1v) is 16.5. The minimum absolute atomic E-state index is 0.0000990. The van der Waals surface area contributed by atoms with Crippen molar-refractivity contribution in [3.8, 4) is 5.88 Å². The normalized spacial score (nSPS) is 16.8. The fraction of sp³-hybridized carbons (Fsp3) is 0.469. The Kier molecular flexibility index (Phi) is 9.24. The number of benzene rings is 1. The molecular formula is C32H40N6O6S. The number of ether oxygens (including phenoxy) is 2. The lowest BCUT2D eigenvalue weighted by Crippen LogP contribution is -2.34. The largest absolute Gasteiger partial charge is 0.481 e. The van der Waals surface area contributed by atoms with Crippen LogP contribution in [0.2, 0.25) is 0 Å². The fourth-order valence-corrected chi connectivity index (χ4v) is 7.46. The van der Waals surface area contributed by atoms with Crippen molar-refractivity contribution in [3.63, 3.8) is 0 Å². The second kappa shape index (κ2) is 12.8. The number of pyridine rings is 2. The maximum atomic E-state index is 14.2. The van der Waals surface area contributed by atoms with Gasteiger partial charge in [-0.2, -0.15) is 4.31 Å². The Balaban J connectivity index is 1.61. The van der Waals surface area contributed by atoms with Gasteiger partial charge in [0.05, 0.1) is 17.5 Å². The minimum atomic E-state index is -4.04. The van der Waals surface area contributed by atoms with Crippen molar-refractivity contribution in [2.45, 2.75) is 71.9 Å². The predicted molar refractivity (Wildman–Crippen MR) is 168 cm³/mol. The highest BCUT2D eigenvalue weighted by Crippen LogP contribution is 2.44. The molecule has 4 heterocycles. The summed E-state index contributed by atoms with van der Waals surface area (Å²) >= 11 is 0. The monoisotopic (exact) mass is 636 g/mol. The summed E-state index contributed by atoms with van der Waals surface area (Å²) in [4.78, 5) is 21.7. The van der Waals surface area contributed by atoms with Crippen LogP contribution in [-0.4, -0.2) is 75.1 Å². The number of aryl methyl sites for hydroxylation is 4. The molecule has 4 aromatic rings. The third-order valence-corrected chi connectivity index (χ3v) is 10.3. The lowest BCUT2D eigenvalue weighted by atomic mass is 9.70. The summed E-state index contributed by atoms with van der Waals surface area (Å²) in [6.45, 7) is 12.7. The molecule has 0 spiro atoms. The molecule has 0 fully saturated rings. The van der Waals surface area contributed by atoms with E-state index in [0.29, 0.717) is 54.1 Å². The van der Waals surface area contributed by atoms with E-state index < -0.39 is 27.3 Å². The van der Waals surface area contributed by atoms with Crippen LogP contribution >= 0.6 is 0 Å². The SMILES string of the molecule is CCn1nnc2c(C)c(C(c3cnc(C)c(CN4CCCOCCOc5ncc(C)cc5S4(=O)=O)c3)C(C)(C)C(=O)O)ccc21. The molecule has 3 aromatic heterocycles. The van der Waals surface area contributed by atoms with Crippen molar-refractivity contribution in [3.05, 3.63) is 70.2 Å². The summed E-state index contributed by atoms with van der Waals surface area (Å²) in [6.07, 6.45) is 3.74. The zero-order chi connectivity index (χ0) is 32.5. The summed E-state index contributed by atoms with van der Waals surface area (Å²) in [5.41, 5.74) is 4.62. The average molecular weight is 637 g/mol. The molecule has 1 aromatic carbocycles. The first-order chi connectivity index (χ1) is 21.4. The molecule has 1 N–H and O–H groups in total. The van der Waals surface area contributed by atoms with Gasteiger partial charge in [-0.1, -0.05) is 17.3 Å². The minimum Gasteiger partial charge on any atom is -0.481 e. The highest BCUT2D eigenvalue weighted by molar-refractivity contribution is 7.89. The molecule has 1 unspecified atom stereocenters. The van der Waals surface area contributed by atoms with Gasteiger partial charge in [-0.3, -0.25) is 9.78 Å². The van der Waals surface area contributed by atoms with E-state index in [-0.39, 0.29) is 30.5 Å². The number of hydrogen-bond acceptors (Lipinski definition) is 9. The van der Waals surface area contributed by atoms with Gasteiger partial charge in [0.25, 0.3) is 0 Å². The van der Waals surface area contributed by atoms with Crippen molar-refractivity contribution in [1.82, 2.24) is 29.3 Å². The molecule has 13 heteroatoms. The Morgan fingerprint density at radius 1 is 1.09 bits per heavy atom. The van der Waals surface area contributed by atoms with E-state index in [9.17, 15) is 18.3 Å². The van der Waals surface area contributed by atoms with Gasteiger partial charge in [0.1, 0.15) is 17.0 Å². The van der Waals surface area contributed by atoms with Gasteiger partial charge in [0, 0.05) is 50.2 Å². The van der Waals surface area contributed by atoms with Crippen molar-refractivity contribution >= 4 is 27.0 Å². The number of aromatic nitrogens is 5. The van der Waals surface area contributed by atoms with Crippen molar-refractivity contribution in [2.24, 2.45) is 5.41 Å². The van der Waals surface area contributed by atoms with Gasteiger partial charge in [-0.05, 0) is 87.9 Å². The molecular weight excluding hydrogens is 596 g/mol. The van der Waals surface area contributed by atoms with Crippen LogP contribution in [0.1, 0.15) is 66.6 Å². The van der Waals surface area contributed by atoms with Gasteiger partial charge >= 0.3 is 5.97 Å². The predicted octanol–water partition coefficient (Wildman–Crippen LogP) is 4.40. The third-order valence-electron chi connectivity index (χ3n) is 8.49. The van der Waals surface area contributed by atoms with Gasteiger partial charge in [-0.15, -0.1) is 5.10 Å². The van der Waals surface area contributed by atoms with E-state index in [1.807, 2.05) is 39.0 Å². The molecule has 0 aliphatic carbocycles. The van der Waals surface area contributed by atoms with Gasteiger partial charge in [0.2, 0.25) is 15.9 Å². The van der Waals surface area contributed by atoms with E-state index in [1.165, 1.54) is 4.31 Å². The van der Waals surface area contributed by atoms with Crippen LogP contribution in [0.15, 0.2) is 41.6 Å². The Morgan fingerprint density at radius 2 is 1.87 bits per heavy atom. The lowest BCUT2D eigenvalue weighted by molar-refractivity contribution is -0.147. The number of aliphatic carboxylic acids is 1. The zero-order valence-corrected chi connectivity index (χ0v) is 27.4. The average Bonchev–Trinajstić information content (AvgIpc) is 3.42. The van der Waals surface area contributed by atoms with E-state index in [4.69, 9.17) is 9.47 Å². The maximum absolute atomic E-state index is 14.2. The number of hydrogen-bond donors (Lipinski definition) is 1. The highest BCUT2D eigenvalue weighted by atomic mass is 32.2. The molecule has 0 saturated heterocycles. The number of nitrogens with zero attached hydrogens (tertiary/aromatic N) is 6. The van der Waals surface area contributed by atoms with Gasteiger partial charge in [0.15, 0.2) is 0 Å². The summed E-state index contributed by atoms with van der Waals surface area (Å²) in [5.74, 6) is -1.55.